The monoisotopic (exact) mass is 206 g/mol. The molecule has 0 saturated carbocycles. The number of carboxylic acid groups (broad SMARTS) is 1. The molecule has 0 radical (unpaired) electrons. The van der Waals surface area contributed by atoms with Crippen LogP contribution in [0, 0.1) is 0 Å². The zero-order chi connectivity index (χ0) is 11.6. The lowest BCUT2D eigenvalue weighted by Gasteiger charge is -1.93. The molecule has 0 aliphatic heterocycles. The Morgan fingerprint density at radius 2 is 1.86 bits per heavy atom. The van der Waals surface area contributed by atoms with Crippen molar-refractivity contribution >= 4 is 11.9 Å². The van der Waals surface area contributed by atoms with Gasteiger partial charge in [-0.15, -0.1) is 0 Å². The molecule has 1 atom stereocenters. The van der Waals surface area contributed by atoms with Crippen molar-refractivity contribution in [2.45, 2.75) is 39.2 Å². The minimum atomic E-state index is -1.23. The second-order valence-electron chi connectivity index (χ2n) is 2.69. The van der Waals surface area contributed by atoms with Crippen LogP contribution in [0.4, 0.5) is 0 Å². The van der Waals surface area contributed by atoms with Crippen LogP contribution in [0.3, 0.4) is 0 Å². The molecule has 0 fully saturated rings. The molecule has 0 aliphatic carbocycles. The van der Waals surface area contributed by atoms with Crippen LogP contribution in [0.5, 0.6) is 0 Å². The Morgan fingerprint density at radius 3 is 2.07 bits per heavy atom. The SMILES string of the molecule is CC(O)C(=O)O.CCCCC(=O)OC. The van der Waals surface area contributed by atoms with E-state index < -0.39 is 12.1 Å². The number of carbonyl (C=O) groups is 2. The molecule has 0 heterocycles. The number of ether oxygens (including phenoxy) is 1. The van der Waals surface area contributed by atoms with Gasteiger partial charge in [0, 0.05) is 6.42 Å². The van der Waals surface area contributed by atoms with Crippen LogP contribution in [0.15, 0.2) is 0 Å². The standard InChI is InChI=1S/C6H12O2.C3H6O3/c1-3-4-5-6(7)8-2;1-2(4)3(5)6/h3-5H2,1-2H3;2,4H,1H3,(H,5,6). The number of carboxylic acids is 1. The highest BCUT2D eigenvalue weighted by molar-refractivity contribution is 5.71. The Morgan fingerprint density at radius 1 is 1.43 bits per heavy atom. The molecule has 0 aliphatic rings. The first kappa shape index (κ1) is 15.4. The first-order chi connectivity index (χ1) is 6.45. The van der Waals surface area contributed by atoms with E-state index in [9.17, 15) is 9.59 Å². The molecular formula is C9H18O5. The first-order valence-electron chi connectivity index (χ1n) is 4.43. The molecule has 0 bridgehead atoms. The van der Waals surface area contributed by atoms with Gasteiger partial charge in [0.15, 0.2) is 0 Å². The van der Waals surface area contributed by atoms with Gasteiger partial charge >= 0.3 is 11.9 Å². The lowest BCUT2D eigenvalue weighted by molar-refractivity contribution is -0.145. The Balaban J connectivity index is 0. The fourth-order valence-corrected chi connectivity index (χ4v) is 0.423. The molecule has 2 N–H and O–H groups in total. The summed E-state index contributed by atoms with van der Waals surface area (Å²) in [6.07, 6.45) is 1.32. The van der Waals surface area contributed by atoms with E-state index in [1.807, 2.05) is 6.92 Å². The summed E-state index contributed by atoms with van der Waals surface area (Å²) in [6, 6.07) is 0. The van der Waals surface area contributed by atoms with Gasteiger partial charge in [-0.25, -0.2) is 4.79 Å². The highest BCUT2D eigenvalue weighted by Gasteiger charge is 2.01. The van der Waals surface area contributed by atoms with E-state index in [2.05, 4.69) is 4.74 Å². The molecule has 0 aromatic rings. The van der Waals surface area contributed by atoms with Gasteiger partial charge in [-0.3, -0.25) is 4.79 Å². The number of rotatable bonds is 4. The molecule has 5 nitrogen and oxygen atoms in total. The number of methoxy groups -OCH3 is 1. The van der Waals surface area contributed by atoms with Crippen molar-refractivity contribution in [1.82, 2.24) is 0 Å². The van der Waals surface area contributed by atoms with Gasteiger partial charge < -0.3 is 14.9 Å². The van der Waals surface area contributed by atoms with Gasteiger partial charge in [0.05, 0.1) is 7.11 Å². The molecule has 1 unspecified atom stereocenters. The molecule has 0 rings (SSSR count). The number of unbranched alkanes of at least 4 members (excludes halogenated alkanes) is 1. The fourth-order valence-electron chi connectivity index (χ4n) is 0.423. The normalized spacial score (nSPS) is 10.9. The van der Waals surface area contributed by atoms with Crippen LogP contribution in [0.2, 0.25) is 0 Å². The predicted molar refractivity (Wildman–Crippen MR) is 50.9 cm³/mol. The van der Waals surface area contributed by atoms with E-state index >= 15 is 0 Å². The molecule has 0 spiro atoms. The largest absolute Gasteiger partial charge is 0.479 e. The summed E-state index contributed by atoms with van der Waals surface area (Å²) in [6.45, 7) is 3.24. The maximum absolute atomic E-state index is 10.3. The third-order valence-corrected chi connectivity index (χ3v) is 1.32. The lowest BCUT2D eigenvalue weighted by atomic mass is 10.3. The third kappa shape index (κ3) is 13.5. The molecule has 0 amide bonds. The molecule has 0 aromatic heterocycles. The number of aliphatic hydroxyl groups is 1. The van der Waals surface area contributed by atoms with Gasteiger partial charge in [0.2, 0.25) is 0 Å². The smallest absolute Gasteiger partial charge is 0.332 e. The van der Waals surface area contributed by atoms with Crippen molar-refractivity contribution in [3.05, 3.63) is 0 Å². The summed E-state index contributed by atoms with van der Waals surface area (Å²) in [5, 5.41) is 15.8. The fraction of sp³-hybridized carbons (Fsp3) is 0.778. The predicted octanol–water partition coefficient (Wildman–Crippen LogP) is 0.801. The van der Waals surface area contributed by atoms with Gasteiger partial charge in [0.1, 0.15) is 6.10 Å². The molecule has 84 valence electrons. The number of hydrogen-bond donors (Lipinski definition) is 2. The van der Waals surface area contributed by atoms with Crippen molar-refractivity contribution in [2.75, 3.05) is 7.11 Å². The van der Waals surface area contributed by atoms with E-state index in [1.165, 1.54) is 14.0 Å². The van der Waals surface area contributed by atoms with E-state index in [4.69, 9.17) is 10.2 Å². The average molecular weight is 206 g/mol. The van der Waals surface area contributed by atoms with Crippen LogP contribution >= 0.6 is 0 Å². The maximum Gasteiger partial charge on any atom is 0.332 e. The summed E-state index contributed by atoms with van der Waals surface area (Å²) in [4.78, 5) is 19.8. The van der Waals surface area contributed by atoms with Crippen LogP contribution in [0.1, 0.15) is 33.1 Å². The number of carbonyl (C=O) groups excluding carboxylic acids is 1. The van der Waals surface area contributed by atoms with Gasteiger partial charge in [-0.1, -0.05) is 13.3 Å². The van der Waals surface area contributed by atoms with Gasteiger partial charge in [-0.2, -0.15) is 0 Å². The summed E-state index contributed by atoms with van der Waals surface area (Å²) < 4.78 is 4.41. The molecular weight excluding hydrogens is 188 g/mol. The quantitative estimate of drug-likeness (QED) is 0.665. The van der Waals surface area contributed by atoms with E-state index in [0.717, 1.165) is 12.8 Å². The average Bonchev–Trinajstić information content (AvgIpc) is 2.14. The Kier molecular flexibility index (Phi) is 11.0. The molecule has 0 aromatic carbocycles. The van der Waals surface area contributed by atoms with E-state index in [1.54, 1.807) is 0 Å². The van der Waals surface area contributed by atoms with Crippen LogP contribution in [0.25, 0.3) is 0 Å². The van der Waals surface area contributed by atoms with Gasteiger partial charge in [0.25, 0.3) is 0 Å². The van der Waals surface area contributed by atoms with E-state index in [-0.39, 0.29) is 5.97 Å². The highest BCUT2D eigenvalue weighted by atomic mass is 16.5. The summed E-state index contributed by atoms with van der Waals surface area (Å²) in [7, 11) is 1.41. The van der Waals surface area contributed by atoms with Crippen molar-refractivity contribution in [2.24, 2.45) is 0 Å². The Bertz CT molecular complexity index is 165. The second-order valence-corrected chi connectivity index (χ2v) is 2.69. The topological polar surface area (TPSA) is 83.8 Å². The van der Waals surface area contributed by atoms with Crippen molar-refractivity contribution in [3.63, 3.8) is 0 Å². The van der Waals surface area contributed by atoms with Crippen LogP contribution in [-0.2, 0) is 14.3 Å². The van der Waals surface area contributed by atoms with Crippen molar-refractivity contribution in [1.29, 1.82) is 0 Å². The third-order valence-electron chi connectivity index (χ3n) is 1.32. The first-order valence-corrected chi connectivity index (χ1v) is 4.43. The van der Waals surface area contributed by atoms with Crippen LogP contribution in [-0.4, -0.2) is 35.4 Å². The number of hydrogen-bond acceptors (Lipinski definition) is 4. The lowest BCUT2D eigenvalue weighted by Crippen LogP contribution is -2.13. The summed E-state index contributed by atoms with van der Waals surface area (Å²) in [5.74, 6) is -1.29. The zero-order valence-electron chi connectivity index (χ0n) is 8.82. The highest BCUT2D eigenvalue weighted by Crippen LogP contribution is 1.94. The van der Waals surface area contributed by atoms with Crippen LogP contribution < -0.4 is 0 Å². The number of esters is 1. The molecule has 0 saturated heterocycles. The summed E-state index contributed by atoms with van der Waals surface area (Å²) >= 11 is 0. The Hall–Kier alpha value is -1.10. The maximum atomic E-state index is 10.3. The number of aliphatic hydroxyl groups excluding tert-OH is 1. The second kappa shape index (κ2) is 9.98. The molecule has 5 heteroatoms. The minimum absolute atomic E-state index is 0.105. The van der Waals surface area contributed by atoms with Crippen molar-refractivity contribution in [3.8, 4) is 0 Å². The van der Waals surface area contributed by atoms with Crippen molar-refractivity contribution < 1.29 is 24.5 Å². The molecule has 14 heavy (non-hydrogen) atoms. The Labute approximate surface area is 83.7 Å². The zero-order valence-corrected chi connectivity index (χ0v) is 8.82. The number of aliphatic carboxylic acids is 1. The van der Waals surface area contributed by atoms with E-state index in [0.29, 0.717) is 6.42 Å². The van der Waals surface area contributed by atoms with Gasteiger partial charge in [-0.05, 0) is 13.3 Å². The summed E-state index contributed by atoms with van der Waals surface area (Å²) in [5.41, 5.74) is 0. The minimum Gasteiger partial charge on any atom is -0.479 e.